The minimum absolute atomic E-state index is 0.0240. The molecular weight excluding hydrogens is 292 g/mol. The van der Waals surface area contributed by atoms with Crippen molar-refractivity contribution in [2.24, 2.45) is 22.7 Å². The van der Waals surface area contributed by atoms with E-state index in [-0.39, 0.29) is 30.1 Å². The summed E-state index contributed by atoms with van der Waals surface area (Å²) in [6.07, 6.45) is 5.15. The van der Waals surface area contributed by atoms with Crippen LogP contribution in [0.25, 0.3) is 0 Å². The molecule has 0 radical (unpaired) electrons. The monoisotopic (exact) mass is 326 g/mol. The van der Waals surface area contributed by atoms with Crippen molar-refractivity contribution in [1.29, 1.82) is 0 Å². The fraction of sp³-hybridized carbons (Fsp3) is 1.00. The zero-order chi connectivity index (χ0) is 17.1. The Labute approximate surface area is 140 Å². The highest BCUT2D eigenvalue weighted by atomic mass is 16.5. The molecule has 3 aliphatic rings. The molecule has 0 unspecified atom stereocenters. The van der Waals surface area contributed by atoms with Crippen LogP contribution in [-0.2, 0) is 4.74 Å². The Kier molecular flexibility index (Phi) is 4.16. The van der Waals surface area contributed by atoms with Crippen molar-refractivity contribution in [2.45, 2.75) is 83.5 Å². The van der Waals surface area contributed by atoms with Gasteiger partial charge in [-0.2, -0.15) is 0 Å². The smallest absolute Gasteiger partial charge is 0.0893 e. The average Bonchev–Trinajstić information content (AvgIpc) is 2.90. The number of hydrogen-bond donors (Lipinski definition) is 3. The largest absolute Gasteiger partial charge is 0.396 e. The SMILES string of the molecule is C[C@@H]1CC[C@H]2[C@@](C)(CO)[C@@H](O)CC[C@@]2(C)[C@]12CC[C@](C)(CO)O2. The highest BCUT2D eigenvalue weighted by Gasteiger charge is 2.68. The molecular formula is C19H34O4. The van der Waals surface area contributed by atoms with Crippen molar-refractivity contribution in [3.63, 3.8) is 0 Å². The van der Waals surface area contributed by atoms with E-state index in [0.29, 0.717) is 5.92 Å². The number of ether oxygens (including phenoxy) is 1. The van der Waals surface area contributed by atoms with Gasteiger partial charge in [-0.15, -0.1) is 0 Å². The van der Waals surface area contributed by atoms with Crippen LogP contribution >= 0.6 is 0 Å². The Morgan fingerprint density at radius 3 is 2.22 bits per heavy atom. The molecule has 23 heavy (non-hydrogen) atoms. The van der Waals surface area contributed by atoms with Crippen molar-refractivity contribution in [1.82, 2.24) is 0 Å². The molecule has 0 bridgehead atoms. The van der Waals surface area contributed by atoms with Crippen molar-refractivity contribution in [3.05, 3.63) is 0 Å². The van der Waals surface area contributed by atoms with E-state index in [1.54, 1.807) is 0 Å². The molecule has 4 nitrogen and oxygen atoms in total. The number of rotatable bonds is 2. The minimum Gasteiger partial charge on any atom is -0.396 e. The third-order valence-electron chi connectivity index (χ3n) is 8.04. The summed E-state index contributed by atoms with van der Waals surface area (Å²) in [6.45, 7) is 8.74. The first-order chi connectivity index (χ1) is 10.7. The maximum absolute atomic E-state index is 10.6. The van der Waals surface area contributed by atoms with Crippen molar-refractivity contribution < 1.29 is 20.1 Å². The van der Waals surface area contributed by atoms with Gasteiger partial charge in [0.05, 0.1) is 30.5 Å². The van der Waals surface area contributed by atoms with Gasteiger partial charge in [0.2, 0.25) is 0 Å². The minimum atomic E-state index is -0.457. The van der Waals surface area contributed by atoms with Crippen LogP contribution in [0.15, 0.2) is 0 Å². The lowest BCUT2D eigenvalue weighted by Gasteiger charge is -2.65. The number of aliphatic hydroxyl groups is 3. The second-order valence-electron chi connectivity index (χ2n) is 9.27. The summed E-state index contributed by atoms with van der Waals surface area (Å²) < 4.78 is 6.67. The van der Waals surface area contributed by atoms with Crippen LogP contribution in [0.2, 0.25) is 0 Å². The van der Waals surface area contributed by atoms with Crippen LogP contribution in [0.4, 0.5) is 0 Å². The summed E-state index contributed by atoms with van der Waals surface area (Å²) >= 11 is 0. The molecule has 2 aliphatic carbocycles. The lowest BCUT2D eigenvalue weighted by molar-refractivity contribution is -0.268. The van der Waals surface area contributed by atoms with Gasteiger partial charge in [0, 0.05) is 10.8 Å². The standard InChI is InChI=1S/C19H34O4/c1-13-5-6-14-17(3,12-21)15(22)7-8-18(14,4)19(13)10-9-16(2,11-20)23-19/h13-15,20-22H,5-12H2,1-4H3/t13-,14+,15+,16-,17-,18-,19+/m1/s1. The summed E-state index contributed by atoms with van der Waals surface area (Å²) in [6, 6.07) is 0. The van der Waals surface area contributed by atoms with Gasteiger partial charge in [0.25, 0.3) is 0 Å². The first kappa shape index (κ1) is 17.7. The highest BCUT2D eigenvalue weighted by molar-refractivity contribution is 5.17. The molecule has 1 spiro atoms. The van der Waals surface area contributed by atoms with Gasteiger partial charge in [0.15, 0.2) is 0 Å². The Morgan fingerprint density at radius 1 is 0.957 bits per heavy atom. The Morgan fingerprint density at radius 2 is 1.65 bits per heavy atom. The Hall–Kier alpha value is -0.160. The van der Waals surface area contributed by atoms with Gasteiger partial charge in [0.1, 0.15) is 0 Å². The average molecular weight is 326 g/mol. The third-order valence-corrected chi connectivity index (χ3v) is 8.04. The van der Waals surface area contributed by atoms with E-state index < -0.39 is 17.1 Å². The Bertz CT molecular complexity index is 468. The van der Waals surface area contributed by atoms with Gasteiger partial charge in [-0.05, 0) is 57.3 Å². The summed E-state index contributed by atoms with van der Waals surface area (Å²) in [4.78, 5) is 0. The van der Waals surface area contributed by atoms with Gasteiger partial charge in [-0.25, -0.2) is 0 Å². The zero-order valence-corrected chi connectivity index (χ0v) is 15.1. The molecule has 7 atom stereocenters. The molecule has 1 heterocycles. The molecule has 4 heteroatoms. The first-order valence-corrected chi connectivity index (χ1v) is 9.27. The van der Waals surface area contributed by atoms with Crippen LogP contribution in [0.3, 0.4) is 0 Å². The topological polar surface area (TPSA) is 69.9 Å². The molecule has 1 saturated heterocycles. The molecule has 0 aromatic carbocycles. The lowest BCUT2D eigenvalue weighted by Crippen LogP contribution is -2.66. The lowest BCUT2D eigenvalue weighted by atomic mass is 9.43. The second kappa shape index (κ2) is 5.42. The van der Waals surface area contributed by atoms with E-state index in [2.05, 4.69) is 13.8 Å². The Balaban J connectivity index is 2.04. The summed E-state index contributed by atoms with van der Waals surface area (Å²) in [7, 11) is 0. The molecule has 3 rings (SSSR count). The van der Waals surface area contributed by atoms with Crippen LogP contribution < -0.4 is 0 Å². The summed E-state index contributed by atoms with van der Waals surface area (Å²) in [5, 5.41) is 30.5. The number of aliphatic hydroxyl groups excluding tert-OH is 3. The first-order valence-electron chi connectivity index (χ1n) is 9.27. The third kappa shape index (κ3) is 2.18. The maximum Gasteiger partial charge on any atom is 0.0893 e. The van der Waals surface area contributed by atoms with Gasteiger partial charge < -0.3 is 20.1 Å². The second-order valence-corrected chi connectivity index (χ2v) is 9.27. The van der Waals surface area contributed by atoms with E-state index >= 15 is 0 Å². The van der Waals surface area contributed by atoms with Gasteiger partial charge in [-0.1, -0.05) is 20.8 Å². The fourth-order valence-electron chi connectivity index (χ4n) is 6.34. The number of fused-ring (bicyclic) bond motifs is 2. The molecule has 3 fully saturated rings. The van der Waals surface area contributed by atoms with E-state index in [0.717, 1.165) is 38.5 Å². The molecule has 1 aliphatic heterocycles. The van der Waals surface area contributed by atoms with E-state index in [1.807, 2.05) is 13.8 Å². The van der Waals surface area contributed by atoms with E-state index in [4.69, 9.17) is 4.74 Å². The van der Waals surface area contributed by atoms with Crippen LogP contribution in [-0.4, -0.2) is 45.8 Å². The molecule has 2 saturated carbocycles. The van der Waals surface area contributed by atoms with Gasteiger partial charge >= 0.3 is 0 Å². The van der Waals surface area contributed by atoms with Crippen molar-refractivity contribution >= 4 is 0 Å². The summed E-state index contributed by atoms with van der Waals surface area (Å²) in [5.41, 5.74) is -1.22. The van der Waals surface area contributed by atoms with Crippen LogP contribution in [0.1, 0.15) is 66.2 Å². The van der Waals surface area contributed by atoms with Gasteiger partial charge in [-0.3, -0.25) is 0 Å². The molecule has 0 amide bonds. The fourth-order valence-corrected chi connectivity index (χ4v) is 6.34. The quantitative estimate of drug-likeness (QED) is 0.729. The molecule has 0 aromatic rings. The predicted molar refractivity (Wildman–Crippen MR) is 89.0 cm³/mol. The van der Waals surface area contributed by atoms with Crippen molar-refractivity contribution in [2.75, 3.05) is 13.2 Å². The highest BCUT2D eigenvalue weighted by Crippen LogP contribution is 2.67. The molecule has 134 valence electrons. The maximum atomic E-state index is 10.6. The summed E-state index contributed by atoms with van der Waals surface area (Å²) in [5.74, 6) is 0.691. The van der Waals surface area contributed by atoms with E-state index in [9.17, 15) is 15.3 Å². The zero-order valence-electron chi connectivity index (χ0n) is 15.1. The molecule has 3 N–H and O–H groups in total. The number of hydrogen-bond acceptors (Lipinski definition) is 4. The normalized spacial score (nSPS) is 56.7. The molecule has 0 aromatic heterocycles. The predicted octanol–water partition coefficient (Wildman–Crippen LogP) is 2.49. The van der Waals surface area contributed by atoms with Crippen molar-refractivity contribution in [3.8, 4) is 0 Å². The van der Waals surface area contributed by atoms with Crippen LogP contribution in [0.5, 0.6) is 0 Å². The van der Waals surface area contributed by atoms with Crippen LogP contribution in [0, 0.1) is 22.7 Å². The van der Waals surface area contributed by atoms with E-state index in [1.165, 1.54) is 0 Å².